The molecule has 0 unspecified atom stereocenters. The Morgan fingerprint density at radius 3 is 2.88 bits per heavy atom. The number of carbonyl (C=O) groups is 1. The average Bonchev–Trinajstić information content (AvgIpc) is 3.26. The van der Waals surface area contributed by atoms with Crippen molar-refractivity contribution in [2.24, 2.45) is 0 Å². The highest BCUT2D eigenvalue weighted by Crippen LogP contribution is 2.23. The number of benzene rings is 1. The Hall–Kier alpha value is -2.56. The van der Waals surface area contributed by atoms with Crippen molar-refractivity contribution in [2.75, 3.05) is 6.54 Å². The Morgan fingerprint density at radius 1 is 1.29 bits per heavy atom. The fraction of sp³-hybridized carbons (Fsp3) is 0.368. The lowest BCUT2D eigenvalue weighted by atomic mass is 10.2. The van der Waals surface area contributed by atoms with Gasteiger partial charge in [0.15, 0.2) is 0 Å². The Morgan fingerprint density at radius 2 is 2.12 bits per heavy atom. The van der Waals surface area contributed by atoms with Crippen molar-refractivity contribution in [1.82, 2.24) is 19.7 Å². The number of H-pyrrole nitrogens is 1. The van der Waals surface area contributed by atoms with Crippen LogP contribution in [0.5, 0.6) is 0 Å². The van der Waals surface area contributed by atoms with E-state index in [1.165, 1.54) is 0 Å². The van der Waals surface area contributed by atoms with Gasteiger partial charge in [0, 0.05) is 23.1 Å². The number of fused-ring (bicyclic) bond motifs is 1. The molecule has 5 heteroatoms. The maximum Gasteiger partial charge on any atom is 0.270 e. The van der Waals surface area contributed by atoms with Crippen molar-refractivity contribution in [1.29, 1.82) is 0 Å². The van der Waals surface area contributed by atoms with E-state index in [0.29, 0.717) is 5.69 Å². The second-order valence-corrected chi connectivity index (χ2v) is 6.67. The predicted molar refractivity (Wildman–Crippen MR) is 94.1 cm³/mol. The lowest BCUT2D eigenvalue weighted by molar-refractivity contribution is 0.0716. The molecule has 124 valence electrons. The molecule has 4 rings (SSSR count). The molecular weight excluding hydrogens is 300 g/mol. The van der Waals surface area contributed by atoms with Crippen LogP contribution in [0.15, 0.2) is 36.4 Å². The van der Waals surface area contributed by atoms with Crippen molar-refractivity contribution in [2.45, 2.75) is 39.3 Å². The summed E-state index contributed by atoms with van der Waals surface area (Å²) in [6.45, 7) is 5.66. The maximum absolute atomic E-state index is 13.0. The number of amides is 1. The molecule has 0 bridgehead atoms. The van der Waals surface area contributed by atoms with E-state index in [0.717, 1.165) is 48.2 Å². The average molecular weight is 322 g/mol. The van der Waals surface area contributed by atoms with E-state index in [1.54, 1.807) is 0 Å². The summed E-state index contributed by atoms with van der Waals surface area (Å²) in [6.07, 6.45) is 2.08. The fourth-order valence-electron chi connectivity index (χ4n) is 3.70. The topological polar surface area (TPSA) is 53.9 Å². The second kappa shape index (κ2) is 5.82. The normalized spacial score (nSPS) is 17.8. The summed E-state index contributed by atoms with van der Waals surface area (Å²) >= 11 is 0. The van der Waals surface area contributed by atoms with E-state index >= 15 is 0 Å². The maximum atomic E-state index is 13.0. The molecule has 3 aromatic rings. The molecule has 2 aromatic heterocycles. The smallest absolute Gasteiger partial charge is 0.270 e. The van der Waals surface area contributed by atoms with E-state index in [-0.39, 0.29) is 11.9 Å². The quantitative estimate of drug-likeness (QED) is 0.804. The summed E-state index contributed by atoms with van der Waals surface area (Å²) in [5.74, 6) is 0.0928. The third-order valence-electron chi connectivity index (χ3n) is 4.89. The Kier molecular flexibility index (Phi) is 3.63. The van der Waals surface area contributed by atoms with Crippen LogP contribution in [0, 0.1) is 13.8 Å². The largest absolute Gasteiger partial charge is 0.351 e. The van der Waals surface area contributed by atoms with Crippen LogP contribution in [0.25, 0.3) is 10.9 Å². The zero-order valence-corrected chi connectivity index (χ0v) is 14.1. The molecule has 1 N–H and O–H groups in total. The first kappa shape index (κ1) is 15.0. The predicted octanol–water partition coefficient (Wildman–Crippen LogP) is 3.29. The summed E-state index contributed by atoms with van der Waals surface area (Å²) < 4.78 is 2.02. The molecule has 1 aromatic carbocycles. The number of para-hydroxylation sites is 1. The number of aromatic amines is 1. The van der Waals surface area contributed by atoms with Crippen molar-refractivity contribution >= 4 is 16.8 Å². The van der Waals surface area contributed by atoms with Gasteiger partial charge in [-0.1, -0.05) is 18.2 Å². The zero-order valence-electron chi connectivity index (χ0n) is 14.1. The van der Waals surface area contributed by atoms with Gasteiger partial charge in [0.2, 0.25) is 0 Å². The van der Waals surface area contributed by atoms with Crippen LogP contribution in [0.2, 0.25) is 0 Å². The van der Waals surface area contributed by atoms with Gasteiger partial charge in [-0.3, -0.25) is 9.48 Å². The molecule has 1 amide bonds. The van der Waals surface area contributed by atoms with Crippen molar-refractivity contribution in [3.63, 3.8) is 0 Å². The van der Waals surface area contributed by atoms with Gasteiger partial charge >= 0.3 is 0 Å². The van der Waals surface area contributed by atoms with Gasteiger partial charge in [0.25, 0.3) is 5.91 Å². The Labute approximate surface area is 141 Å². The zero-order chi connectivity index (χ0) is 16.7. The standard InChI is InChI=1S/C19H22N4O/c1-13-10-14(2)23(21-13)12-16-7-5-9-22(16)19(24)18-11-15-6-3-4-8-17(15)20-18/h3-4,6,8,10-11,16,20H,5,7,9,12H2,1-2H3/t16-/m1/s1. The molecule has 1 aliphatic heterocycles. The number of nitrogens with zero attached hydrogens (tertiary/aromatic N) is 3. The van der Waals surface area contributed by atoms with Gasteiger partial charge in [-0.15, -0.1) is 0 Å². The van der Waals surface area contributed by atoms with E-state index in [4.69, 9.17) is 0 Å². The highest BCUT2D eigenvalue weighted by atomic mass is 16.2. The first-order valence-corrected chi connectivity index (χ1v) is 8.51. The van der Waals surface area contributed by atoms with Crippen LogP contribution in [0.4, 0.5) is 0 Å². The van der Waals surface area contributed by atoms with Crippen molar-refractivity contribution < 1.29 is 4.79 Å². The fourth-order valence-corrected chi connectivity index (χ4v) is 3.70. The molecule has 0 saturated carbocycles. The van der Waals surface area contributed by atoms with Gasteiger partial charge in [-0.05, 0) is 44.9 Å². The molecule has 1 fully saturated rings. The molecule has 1 saturated heterocycles. The molecule has 3 heterocycles. The minimum atomic E-state index is 0.0928. The van der Waals surface area contributed by atoms with Crippen molar-refractivity contribution in [3.05, 3.63) is 53.5 Å². The summed E-state index contributed by atoms with van der Waals surface area (Å²) in [4.78, 5) is 18.2. The van der Waals surface area contributed by atoms with Gasteiger partial charge in [-0.2, -0.15) is 5.10 Å². The SMILES string of the molecule is Cc1cc(C)n(C[C@H]2CCCN2C(=O)c2cc3ccccc3[nH]2)n1. The van der Waals surface area contributed by atoms with E-state index in [2.05, 4.69) is 23.1 Å². The Bertz CT molecular complexity index is 859. The van der Waals surface area contributed by atoms with E-state index in [1.807, 2.05) is 46.8 Å². The third kappa shape index (κ3) is 2.60. The first-order chi connectivity index (χ1) is 11.6. The molecule has 0 aliphatic carbocycles. The van der Waals surface area contributed by atoms with Crippen LogP contribution in [-0.4, -0.2) is 38.2 Å². The highest BCUT2D eigenvalue weighted by molar-refractivity contribution is 5.98. The number of aromatic nitrogens is 3. The first-order valence-electron chi connectivity index (χ1n) is 8.51. The molecule has 24 heavy (non-hydrogen) atoms. The number of likely N-dealkylation sites (tertiary alicyclic amines) is 1. The summed E-state index contributed by atoms with van der Waals surface area (Å²) in [5.41, 5.74) is 3.86. The van der Waals surface area contributed by atoms with Crippen LogP contribution in [-0.2, 0) is 6.54 Å². The monoisotopic (exact) mass is 322 g/mol. The third-order valence-corrected chi connectivity index (χ3v) is 4.89. The number of rotatable bonds is 3. The van der Waals surface area contributed by atoms with Gasteiger partial charge in [0.1, 0.15) is 5.69 Å². The number of carbonyl (C=O) groups excluding carboxylic acids is 1. The molecular formula is C19H22N4O. The minimum Gasteiger partial charge on any atom is -0.351 e. The molecule has 1 atom stereocenters. The Balaban J connectivity index is 1.57. The summed E-state index contributed by atoms with van der Waals surface area (Å²) in [7, 11) is 0. The minimum absolute atomic E-state index is 0.0928. The highest BCUT2D eigenvalue weighted by Gasteiger charge is 2.30. The molecule has 5 nitrogen and oxygen atoms in total. The van der Waals surface area contributed by atoms with Crippen molar-refractivity contribution in [3.8, 4) is 0 Å². The molecule has 0 spiro atoms. The van der Waals surface area contributed by atoms with E-state index in [9.17, 15) is 4.79 Å². The number of hydrogen-bond acceptors (Lipinski definition) is 2. The molecule has 1 aliphatic rings. The van der Waals surface area contributed by atoms with Gasteiger partial charge in [-0.25, -0.2) is 0 Å². The van der Waals surface area contributed by atoms with Gasteiger partial charge < -0.3 is 9.88 Å². The molecule has 0 radical (unpaired) electrons. The van der Waals surface area contributed by atoms with E-state index < -0.39 is 0 Å². The lowest BCUT2D eigenvalue weighted by Gasteiger charge is -2.24. The summed E-state index contributed by atoms with van der Waals surface area (Å²) in [5, 5.41) is 5.62. The second-order valence-electron chi connectivity index (χ2n) is 6.67. The number of hydrogen-bond donors (Lipinski definition) is 1. The summed E-state index contributed by atoms with van der Waals surface area (Å²) in [6, 6.07) is 12.3. The number of nitrogens with one attached hydrogen (secondary N) is 1. The van der Waals surface area contributed by atoms with Crippen LogP contribution in [0.1, 0.15) is 34.7 Å². The number of aryl methyl sites for hydroxylation is 2. The van der Waals surface area contributed by atoms with Crippen LogP contribution in [0.3, 0.4) is 0 Å². The van der Waals surface area contributed by atoms with Crippen LogP contribution >= 0.6 is 0 Å². The lowest BCUT2D eigenvalue weighted by Crippen LogP contribution is -2.38. The van der Waals surface area contributed by atoms with Gasteiger partial charge in [0.05, 0.1) is 18.3 Å². The van der Waals surface area contributed by atoms with Crippen LogP contribution < -0.4 is 0 Å².